The Morgan fingerprint density at radius 2 is 2.04 bits per heavy atom. The number of carboxylic acid groups (broad SMARTS) is 1. The van der Waals surface area contributed by atoms with E-state index >= 15 is 0 Å². The average molecular weight is 319 g/mol. The highest BCUT2D eigenvalue weighted by Gasteiger charge is 2.22. The van der Waals surface area contributed by atoms with Crippen molar-refractivity contribution in [3.8, 4) is 0 Å². The number of amides is 1. The molecule has 0 aliphatic heterocycles. The van der Waals surface area contributed by atoms with Crippen molar-refractivity contribution in [3.05, 3.63) is 40.6 Å². The first kappa shape index (κ1) is 16.8. The van der Waals surface area contributed by atoms with E-state index in [1.54, 1.807) is 31.9 Å². The highest BCUT2D eigenvalue weighted by Crippen LogP contribution is 2.21. The lowest BCUT2D eigenvalue weighted by molar-refractivity contribution is 0.0694. The fourth-order valence-electron chi connectivity index (χ4n) is 2.44. The second kappa shape index (κ2) is 6.28. The van der Waals surface area contributed by atoms with Gasteiger partial charge in [0.2, 0.25) is 0 Å². The Kier molecular flexibility index (Phi) is 4.58. The number of nitrogens with zero attached hydrogens (tertiary/aromatic N) is 3. The van der Waals surface area contributed by atoms with Crippen LogP contribution in [0.4, 0.5) is 0 Å². The maximum absolute atomic E-state index is 12.6. The third-order valence-electron chi connectivity index (χ3n) is 3.57. The normalized spacial score (nSPS) is 11.0. The van der Waals surface area contributed by atoms with Gasteiger partial charge in [-0.05, 0) is 18.9 Å². The van der Waals surface area contributed by atoms with Gasteiger partial charge in [0.15, 0.2) is 0 Å². The molecular weight excluding hydrogens is 298 g/mol. The summed E-state index contributed by atoms with van der Waals surface area (Å²) in [6, 6.07) is 1.45. The number of aryl methyl sites for hydroxylation is 2. The van der Waals surface area contributed by atoms with Crippen LogP contribution < -0.4 is 0 Å². The van der Waals surface area contributed by atoms with Crippen molar-refractivity contribution in [2.24, 2.45) is 7.05 Å². The molecule has 23 heavy (non-hydrogen) atoms. The minimum Gasteiger partial charge on any atom is -0.478 e. The Hall–Kier alpha value is -2.57. The van der Waals surface area contributed by atoms with Crippen LogP contribution in [0.1, 0.15) is 57.7 Å². The Balaban J connectivity index is 2.21. The average Bonchev–Trinajstić information content (AvgIpc) is 3.01. The number of carbonyl (C=O) groups is 2. The monoisotopic (exact) mass is 319 g/mol. The molecule has 7 nitrogen and oxygen atoms in total. The lowest BCUT2D eigenvalue weighted by Crippen LogP contribution is -2.26. The predicted molar refractivity (Wildman–Crippen MR) is 83.5 cm³/mol. The van der Waals surface area contributed by atoms with Crippen LogP contribution in [0, 0.1) is 6.92 Å². The van der Waals surface area contributed by atoms with Crippen LogP contribution in [0.2, 0.25) is 0 Å². The van der Waals surface area contributed by atoms with Crippen LogP contribution in [0.5, 0.6) is 0 Å². The van der Waals surface area contributed by atoms with Crippen molar-refractivity contribution >= 4 is 11.9 Å². The molecule has 0 unspecified atom stereocenters. The maximum atomic E-state index is 12.6. The van der Waals surface area contributed by atoms with Gasteiger partial charge in [0.1, 0.15) is 17.1 Å². The lowest BCUT2D eigenvalue weighted by atomic mass is 10.1. The van der Waals surface area contributed by atoms with Gasteiger partial charge in [-0.1, -0.05) is 13.8 Å². The molecule has 7 heteroatoms. The summed E-state index contributed by atoms with van der Waals surface area (Å²) in [4.78, 5) is 25.2. The molecule has 1 N–H and O–H groups in total. The quantitative estimate of drug-likeness (QED) is 0.914. The first-order valence-corrected chi connectivity index (χ1v) is 7.32. The van der Waals surface area contributed by atoms with E-state index in [1.807, 2.05) is 13.8 Å². The number of aromatic nitrogens is 2. The molecule has 124 valence electrons. The molecule has 0 atom stereocenters. The smallest absolute Gasteiger partial charge is 0.339 e. The minimum absolute atomic E-state index is 0.116. The van der Waals surface area contributed by atoms with Crippen molar-refractivity contribution in [2.45, 2.75) is 33.2 Å². The summed E-state index contributed by atoms with van der Waals surface area (Å²) in [5.74, 6) is -0.315. The zero-order valence-electron chi connectivity index (χ0n) is 14.0. The van der Waals surface area contributed by atoms with Crippen LogP contribution >= 0.6 is 0 Å². The number of rotatable bonds is 5. The van der Waals surface area contributed by atoms with E-state index in [2.05, 4.69) is 5.10 Å². The summed E-state index contributed by atoms with van der Waals surface area (Å²) in [6.07, 6.45) is 1.70. The van der Waals surface area contributed by atoms with E-state index in [0.29, 0.717) is 17.1 Å². The van der Waals surface area contributed by atoms with Gasteiger partial charge in [-0.2, -0.15) is 5.10 Å². The lowest BCUT2D eigenvalue weighted by Gasteiger charge is -2.16. The van der Waals surface area contributed by atoms with Crippen molar-refractivity contribution in [2.75, 3.05) is 7.05 Å². The van der Waals surface area contributed by atoms with Crippen molar-refractivity contribution in [1.82, 2.24) is 14.7 Å². The Morgan fingerprint density at radius 3 is 2.57 bits per heavy atom. The van der Waals surface area contributed by atoms with Gasteiger partial charge in [0.25, 0.3) is 5.91 Å². The van der Waals surface area contributed by atoms with E-state index in [9.17, 15) is 9.59 Å². The molecular formula is C16H21N3O4. The molecule has 2 heterocycles. The Bertz CT molecular complexity index is 743. The van der Waals surface area contributed by atoms with Crippen molar-refractivity contribution < 1.29 is 19.1 Å². The molecule has 2 aromatic rings. The number of carboxylic acids is 1. The van der Waals surface area contributed by atoms with Gasteiger partial charge in [-0.3, -0.25) is 9.48 Å². The van der Waals surface area contributed by atoms with E-state index < -0.39 is 5.97 Å². The van der Waals surface area contributed by atoms with Gasteiger partial charge in [-0.25, -0.2) is 4.79 Å². The van der Waals surface area contributed by atoms with Crippen LogP contribution in [0.15, 0.2) is 16.7 Å². The summed E-state index contributed by atoms with van der Waals surface area (Å²) in [7, 11) is 3.43. The molecule has 0 fully saturated rings. The molecule has 0 bridgehead atoms. The standard InChI is InChI=1S/C16H21N3O4/c1-9(2)14-13(8-19(5)17-14)15(20)18(4)7-11-6-12(16(21)22)10(3)23-11/h6,8-9H,7H2,1-5H3,(H,21,22). The van der Waals surface area contributed by atoms with Gasteiger partial charge in [0, 0.05) is 20.3 Å². The number of hydrogen-bond acceptors (Lipinski definition) is 4. The molecule has 0 saturated carbocycles. The molecule has 0 radical (unpaired) electrons. The molecule has 0 saturated heterocycles. The SMILES string of the molecule is Cc1oc(CN(C)C(=O)c2cn(C)nc2C(C)C)cc1C(=O)O. The van der Waals surface area contributed by atoms with Crippen molar-refractivity contribution in [1.29, 1.82) is 0 Å². The van der Waals surface area contributed by atoms with Crippen LogP contribution in [0.25, 0.3) is 0 Å². The number of carbonyl (C=O) groups excluding carboxylic acids is 1. The zero-order chi connectivity index (χ0) is 17.3. The summed E-state index contributed by atoms with van der Waals surface area (Å²) in [5, 5.41) is 13.4. The predicted octanol–water partition coefficient (Wildman–Crippen LogP) is 2.42. The van der Waals surface area contributed by atoms with Crippen LogP contribution in [0.3, 0.4) is 0 Å². The second-order valence-electron chi connectivity index (χ2n) is 5.91. The van der Waals surface area contributed by atoms with Gasteiger partial charge >= 0.3 is 5.97 Å². The summed E-state index contributed by atoms with van der Waals surface area (Å²) in [6.45, 7) is 5.74. The van der Waals surface area contributed by atoms with Crippen LogP contribution in [-0.4, -0.2) is 38.7 Å². The van der Waals surface area contributed by atoms with Gasteiger partial charge in [-0.15, -0.1) is 0 Å². The fourth-order valence-corrected chi connectivity index (χ4v) is 2.44. The highest BCUT2D eigenvalue weighted by molar-refractivity contribution is 5.95. The summed E-state index contributed by atoms with van der Waals surface area (Å²) in [5.41, 5.74) is 1.41. The molecule has 0 spiro atoms. The second-order valence-corrected chi connectivity index (χ2v) is 5.91. The number of furan rings is 1. The Labute approximate surface area is 134 Å². The summed E-state index contributed by atoms with van der Waals surface area (Å²) >= 11 is 0. The molecule has 2 aromatic heterocycles. The van der Waals surface area contributed by atoms with Gasteiger partial charge < -0.3 is 14.4 Å². The number of aromatic carboxylic acids is 1. The van der Waals surface area contributed by atoms with E-state index in [-0.39, 0.29) is 23.9 Å². The zero-order valence-corrected chi connectivity index (χ0v) is 14.0. The maximum Gasteiger partial charge on any atom is 0.339 e. The third-order valence-corrected chi connectivity index (χ3v) is 3.57. The first-order valence-electron chi connectivity index (χ1n) is 7.32. The first-order chi connectivity index (χ1) is 10.7. The fraction of sp³-hybridized carbons (Fsp3) is 0.438. The van der Waals surface area contributed by atoms with E-state index in [4.69, 9.17) is 9.52 Å². The Morgan fingerprint density at radius 1 is 1.39 bits per heavy atom. The van der Waals surface area contributed by atoms with Crippen molar-refractivity contribution in [3.63, 3.8) is 0 Å². The number of hydrogen-bond donors (Lipinski definition) is 1. The van der Waals surface area contributed by atoms with Crippen LogP contribution in [-0.2, 0) is 13.6 Å². The minimum atomic E-state index is -1.04. The molecule has 1 amide bonds. The molecule has 0 aromatic carbocycles. The molecule has 0 aliphatic rings. The third kappa shape index (κ3) is 3.44. The van der Waals surface area contributed by atoms with Gasteiger partial charge in [0.05, 0.1) is 17.8 Å². The molecule has 2 rings (SSSR count). The van der Waals surface area contributed by atoms with E-state index in [0.717, 1.165) is 5.69 Å². The largest absolute Gasteiger partial charge is 0.478 e. The molecule has 0 aliphatic carbocycles. The highest BCUT2D eigenvalue weighted by atomic mass is 16.4. The van der Waals surface area contributed by atoms with E-state index in [1.165, 1.54) is 11.0 Å². The topological polar surface area (TPSA) is 88.6 Å². The summed E-state index contributed by atoms with van der Waals surface area (Å²) < 4.78 is 7.04.